The van der Waals surface area contributed by atoms with E-state index in [4.69, 9.17) is 0 Å². The number of aryl methyl sites for hydroxylation is 1. The number of carbonyl (C=O) groups excluding carboxylic acids is 1. The summed E-state index contributed by atoms with van der Waals surface area (Å²) in [5.41, 5.74) is 5.27. The number of anilines is 1. The van der Waals surface area contributed by atoms with E-state index < -0.39 is 11.7 Å². The number of halogens is 1. The van der Waals surface area contributed by atoms with Gasteiger partial charge in [-0.3, -0.25) is 19.4 Å². The van der Waals surface area contributed by atoms with Crippen molar-refractivity contribution in [1.29, 1.82) is 0 Å². The number of hydrogen-bond acceptors (Lipinski definition) is 5. The topological polar surface area (TPSA) is 84.1 Å². The van der Waals surface area contributed by atoms with Gasteiger partial charge in [-0.2, -0.15) is 5.10 Å². The van der Waals surface area contributed by atoms with Crippen molar-refractivity contribution in [3.8, 4) is 5.75 Å². The molecule has 4 aromatic rings. The number of benzene rings is 1. The summed E-state index contributed by atoms with van der Waals surface area (Å²) in [5, 5.41) is 14.9. The maximum atomic E-state index is 15.0. The molecule has 7 nitrogen and oxygen atoms in total. The van der Waals surface area contributed by atoms with Gasteiger partial charge in [0.05, 0.1) is 42.8 Å². The summed E-state index contributed by atoms with van der Waals surface area (Å²) < 4.78 is 16.8. The van der Waals surface area contributed by atoms with Crippen LogP contribution in [0.25, 0.3) is 0 Å². The first-order chi connectivity index (χ1) is 18.3. The molecule has 1 N–H and O–H groups in total. The summed E-state index contributed by atoms with van der Waals surface area (Å²) in [6, 6.07) is 10.4. The van der Waals surface area contributed by atoms with Crippen molar-refractivity contribution < 1.29 is 14.3 Å². The fraction of sp³-hybridized carbons (Fsp3) is 0.333. The highest BCUT2D eigenvalue weighted by Crippen LogP contribution is 2.40. The van der Waals surface area contributed by atoms with Crippen LogP contribution in [0.3, 0.4) is 0 Å². The van der Waals surface area contributed by atoms with Crippen LogP contribution < -0.4 is 4.90 Å². The van der Waals surface area contributed by atoms with Crippen LogP contribution in [0.5, 0.6) is 5.75 Å². The standard InChI is InChI=1S/C30H32FN5O2/c1-19(2)27-9-7-23(15-33-27)36(17-21-14-34-35(16-21)18-22-13-20(3)11-12-32-22)30(38)25-6-4-5-24-28(37)10-8-26(31)29(24)25/h7-16,19,25,37H,4-6,17-18H2,1-3H3. The quantitative estimate of drug-likeness (QED) is 0.345. The van der Waals surface area contributed by atoms with Gasteiger partial charge in [0.2, 0.25) is 5.91 Å². The van der Waals surface area contributed by atoms with Crippen molar-refractivity contribution >= 4 is 11.6 Å². The number of carbonyl (C=O) groups is 1. The molecule has 38 heavy (non-hydrogen) atoms. The average Bonchev–Trinajstić information content (AvgIpc) is 3.35. The Morgan fingerprint density at radius 1 is 1.18 bits per heavy atom. The van der Waals surface area contributed by atoms with E-state index >= 15 is 4.39 Å². The summed E-state index contributed by atoms with van der Waals surface area (Å²) in [6.07, 6.45) is 8.89. The van der Waals surface area contributed by atoms with E-state index in [0.29, 0.717) is 42.6 Å². The molecule has 0 spiro atoms. The molecule has 196 valence electrons. The Morgan fingerprint density at radius 3 is 2.76 bits per heavy atom. The Hall–Kier alpha value is -4.07. The van der Waals surface area contributed by atoms with Gasteiger partial charge in [-0.25, -0.2) is 4.39 Å². The van der Waals surface area contributed by atoms with Crippen molar-refractivity contribution in [1.82, 2.24) is 19.7 Å². The number of aromatic nitrogens is 4. The van der Waals surface area contributed by atoms with E-state index in [-0.39, 0.29) is 24.1 Å². The Morgan fingerprint density at radius 2 is 2.03 bits per heavy atom. The Bertz CT molecular complexity index is 1450. The second kappa shape index (κ2) is 10.7. The molecule has 0 aliphatic heterocycles. The van der Waals surface area contributed by atoms with E-state index in [2.05, 4.69) is 28.9 Å². The molecule has 1 aromatic carbocycles. The van der Waals surface area contributed by atoms with Crippen molar-refractivity contribution in [2.24, 2.45) is 0 Å². The number of rotatable bonds is 7. The third-order valence-corrected chi connectivity index (χ3v) is 7.11. The second-order valence-electron chi connectivity index (χ2n) is 10.3. The number of phenolic OH excluding ortho intramolecular Hbond substituents is 1. The normalized spacial score (nSPS) is 14.9. The number of phenols is 1. The highest BCUT2D eigenvalue weighted by molar-refractivity contribution is 5.98. The lowest BCUT2D eigenvalue weighted by Gasteiger charge is -2.31. The zero-order valence-corrected chi connectivity index (χ0v) is 21.9. The van der Waals surface area contributed by atoms with Crippen molar-refractivity contribution in [3.05, 3.63) is 101 Å². The molecule has 1 atom stereocenters. The van der Waals surface area contributed by atoms with Crippen LogP contribution in [0.2, 0.25) is 0 Å². The van der Waals surface area contributed by atoms with Gasteiger partial charge in [-0.05, 0) is 74.1 Å². The van der Waals surface area contributed by atoms with Gasteiger partial charge >= 0.3 is 0 Å². The molecule has 1 unspecified atom stereocenters. The molecular formula is C30H32FN5O2. The number of amides is 1. The Balaban J connectivity index is 1.47. The lowest BCUT2D eigenvalue weighted by atomic mass is 9.81. The van der Waals surface area contributed by atoms with E-state index in [1.54, 1.807) is 28.2 Å². The molecule has 3 heterocycles. The largest absolute Gasteiger partial charge is 0.508 e. The molecule has 0 fully saturated rings. The fourth-order valence-electron chi connectivity index (χ4n) is 5.13. The zero-order valence-electron chi connectivity index (χ0n) is 21.9. The number of aromatic hydroxyl groups is 1. The molecule has 0 radical (unpaired) electrons. The van der Waals surface area contributed by atoms with Gasteiger partial charge < -0.3 is 10.0 Å². The first-order valence-corrected chi connectivity index (χ1v) is 13.0. The summed E-state index contributed by atoms with van der Waals surface area (Å²) in [6.45, 7) is 6.93. The highest BCUT2D eigenvalue weighted by atomic mass is 19.1. The Labute approximate surface area is 222 Å². The predicted molar refractivity (Wildman–Crippen MR) is 144 cm³/mol. The molecule has 1 aliphatic rings. The minimum atomic E-state index is -0.692. The van der Waals surface area contributed by atoms with Crippen LogP contribution in [0.1, 0.15) is 72.2 Å². The van der Waals surface area contributed by atoms with E-state index in [1.807, 2.05) is 37.4 Å². The SMILES string of the molecule is Cc1ccnc(Cn2cc(CN(C(=O)C3CCCc4c(O)ccc(F)c43)c3ccc(C(C)C)nc3)cn2)c1. The van der Waals surface area contributed by atoms with Crippen LogP contribution in [0.15, 0.2) is 61.2 Å². The number of pyridine rings is 2. The van der Waals surface area contributed by atoms with Crippen molar-refractivity contribution in [2.75, 3.05) is 4.90 Å². The molecule has 5 rings (SSSR count). The second-order valence-corrected chi connectivity index (χ2v) is 10.3. The van der Waals surface area contributed by atoms with Gasteiger partial charge in [0, 0.05) is 34.8 Å². The first kappa shape index (κ1) is 25.6. The molecule has 0 saturated heterocycles. The molecule has 0 bridgehead atoms. The molecule has 1 aliphatic carbocycles. The summed E-state index contributed by atoms with van der Waals surface area (Å²) >= 11 is 0. The number of fused-ring (bicyclic) bond motifs is 1. The maximum Gasteiger partial charge on any atom is 0.235 e. The Kier molecular flexibility index (Phi) is 7.22. The predicted octanol–water partition coefficient (Wildman–Crippen LogP) is 5.65. The first-order valence-electron chi connectivity index (χ1n) is 13.0. The van der Waals surface area contributed by atoms with Gasteiger partial charge in [-0.1, -0.05) is 13.8 Å². The fourth-order valence-corrected chi connectivity index (χ4v) is 5.13. The summed E-state index contributed by atoms with van der Waals surface area (Å²) in [4.78, 5) is 24.7. The van der Waals surface area contributed by atoms with Gasteiger partial charge in [-0.15, -0.1) is 0 Å². The third-order valence-electron chi connectivity index (χ3n) is 7.11. The van der Waals surface area contributed by atoms with E-state index in [1.165, 1.54) is 12.1 Å². The minimum Gasteiger partial charge on any atom is -0.508 e. The smallest absolute Gasteiger partial charge is 0.235 e. The van der Waals surface area contributed by atoms with Gasteiger partial charge in [0.1, 0.15) is 11.6 Å². The van der Waals surface area contributed by atoms with Crippen molar-refractivity contribution in [3.63, 3.8) is 0 Å². The van der Waals surface area contributed by atoms with Gasteiger partial charge in [0.15, 0.2) is 0 Å². The number of nitrogens with zero attached hydrogens (tertiary/aromatic N) is 5. The third kappa shape index (κ3) is 5.30. The average molecular weight is 514 g/mol. The van der Waals surface area contributed by atoms with Crippen molar-refractivity contribution in [2.45, 2.75) is 65.0 Å². The van der Waals surface area contributed by atoms with Gasteiger partial charge in [0.25, 0.3) is 0 Å². The molecular weight excluding hydrogens is 481 g/mol. The molecule has 1 amide bonds. The minimum absolute atomic E-state index is 0.0411. The lowest BCUT2D eigenvalue weighted by Crippen LogP contribution is -2.36. The monoisotopic (exact) mass is 513 g/mol. The van der Waals surface area contributed by atoms with Crippen LogP contribution in [0.4, 0.5) is 10.1 Å². The zero-order chi connectivity index (χ0) is 26.8. The lowest BCUT2D eigenvalue weighted by molar-refractivity contribution is -0.120. The molecule has 3 aromatic heterocycles. The molecule has 0 saturated carbocycles. The number of hydrogen-bond donors (Lipinski definition) is 1. The maximum absolute atomic E-state index is 15.0. The summed E-state index contributed by atoms with van der Waals surface area (Å²) in [7, 11) is 0. The molecule has 8 heteroatoms. The van der Waals surface area contributed by atoms with E-state index in [9.17, 15) is 9.90 Å². The van der Waals surface area contributed by atoms with Crippen LogP contribution in [0, 0.1) is 12.7 Å². The highest BCUT2D eigenvalue weighted by Gasteiger charge is 2.34. The van der Waals surface area contributed by atoms with Crippen LogP contribution in [-0.4, -0.2) is 30.8 Å². The van der Waals surface area contributed by atoms with E-state index in [0.717, 1.165) is 22.5 Å². The van der Waals surface area contributed by atoms with Crippen LogP contribution in [-0.2, 0) is 24.3 Å². The van der Waals surface area contributed by atoms with Crippen LogP contribution >= 0.6 is 0 Å². The summed E-state index contributed by atoms with van der Waals surface area (Å²) in [5.74, 6) is -1.07.